The highest BCUT2D eigenvalue weighted by molar-refractivity contribution is 7.92. The van der Waals surface area contributed by atoms with Crippen molar-refractivity contribution in [2.75, 3.05) is 11.4 Å². The fourth-order valence-electron chi connectivity index (χ4n) is 1.97. The van der Waals surface area contributed by atoms with Crippen LogP contribution in [0.4, 0.5) is 10.1 Å². The lowest BCUT2D eigenvalue weighted by atomic mass is 10.2. The molecule has 0 heterocycles. The van der Waals surface area contributed by atoms with Crippen LogP contribution in [-0.2, 0) is 10.0 Å². The molecule has 6 heteroatoms. The highest BCUT2D eigenvalue weighted by atomic mass is 32.2. The lowest BCUT2D eigenvalue weighted by Gasteiger charge is -2.20. The number of halogens is 1. The molecule has 0 unspecified atom stereocenters. The van der Waals surface area contributed by atoms with Crippen LogP contribution < -0.4 is 4.31 Å². The minimum Gasteiger partial charge on any atom is -0.269 e. The average molecular weight is 304 g/mol. The fraction of sp³-hybridized carbons (Fsp3) is 0.133. The molecule has 0 radical (unpaired) electrons. The van der Waals surface area contributed by atoms with Gasteiger partial charge in [-0.3, -0.25) is 4.31 Å². The number of nitrogens with zero attached hydrogens (tertiary/aromatic N) is 2. The van der Waals surface area contributed by atoms with Gasteiger partial charge in [0.1, 0.15) is 5.82 Å². The summed E-state index contributed by atoms with van der Waals surface area (Å²) in [7, 11) is -2.44. The van der Waals surface area contributed by atoms with Crippen molar-refractivity contribution in [2.45, 2.75) is 11.8 Å². The van der Waals surface area contributed by atoms with Crippen molar-refractivity contribution < 1.29 is 12.8 Å². The Morgan fingerprint density at radius 3 is 2.48 bits per heavy atom. The molecule has 21 heavy (non-hydrogen) atoms. The monoisotopic (exact) mass is 304 g/mol. The SMILES string of the molecule is Cc1cc(C#N)ccc1S(=O)(=O)N(C)c1cccc(F)c1. The number of hydrogen-bond acceptors (Lipinski definition) is 3. The Balaban J connectivity index is 2.50. The second kappa shape index (κ2) is 5.54. The van der Waals surface area contributed by atoms with E-state index in [-0.39, 0.29) is 10.6 Å². The second-order valence-corrected chi connectivity index (χ2v) is 6.48. The number of nitriles is 1. The van der Waals surface area contributed by atoms with Gasteiger partial charge in [0.15, 0.2) is 0 Å². The van der Waals surface area contributed by atoms with E-state index in [1.54, 1.807) is 6.92 Å². The zero-order chi connectivity index (χ0) is 15.6. The van der Waals surface area contributed by atoms with Crippen LogP contribution in [0.2, 0.25) is 0 Å². The van der Waals surface area contributed by atoms with Gasteiger partial charge < -0.3 is 0 Å². The van der Waals surface area contributed by atoms with Gasteiger partial charge in [-0.15, -0.1) is 0 Å². The third kappa shape index (κ3) is 2.88. The molecule has 0 aromatic heterocycles. The minimum absolute atomic E-state index is 0.0910. The number of benzene rings is 2. The number of anilines is 1. The third-order valence-corrected chi connectivity index (χ3v) is 5.06. The van der Waals surface area contributed by atoms with E-state index in [1.165, 1.54) is 43.4 Å². The largest absolute Gasteiger partial charge is 0.269 e. The van der Waals surface area contributed by atoms with Crippen LogP contribution in [0, 0.1) is 24.1 Å². The normalized spacial score (nSPS) is 11.0. The van der Waals surface area contributed by atoms with Gasteiger partial charge in [-0.25, -0.2) is 12.8 Å². The van der Waals surface area contributed by atoms with E-state index in [0.717, 1.165) is 10.4 Å². The van der Waals surface area contributed by atoms with Crippen LogP contribution in [0.5, 0.6) is 0 Å². The molecule has 0 atom stereocenters. The number of rotatable bonds is 3. The maximum absolute atomic E-state index is 13.2. The standard InChI is InChI=1S/C15H13FN2O2S/c1-11-8-12(10-17)6-7-15(11)21(19,20)18(2)14-5-3-4-13(16)9-14/h3-9H,1-2H3. The van der Waals surface area contributed by atoms with E-state index in [4.69, 9.17) is 5.26 Å². The van der Waals surface area contributed by atoms with Gasteiger partial charge in [-0.2, -0.15) is 5.26 Å². The molecule has 0 spiro atoms. The molecule has 2 rings (SSSR count). The first kappa shape index (κ1) is 15.0. The van der Waals surface area contributed by atoms with Gasteiger partial charge in [0, 0.05) is 7.05 Å². The smallest absolute Gasteiger partial charge is 0.264 e. The number of sulfonamides is 1. The molecule has 0 N–H and O–H groups in total. The Labute approximate surface area is 123 Å². The molecule has 0 bridgehead atoms. The van der Waals surface area contributed by atoms with E-state index < -0.39 is 15.8 Å². The summed E-state index contributed by atoms with van der Waals surface area (Å²) in [6, 6.07) is 11.7. The Morgan fingerprint density at radius 1 is 1.19 bits per heavy atom. The van der Waals surface area contributed by atoms with E-state index >= 15 is 0 Å². The summed E-state index contributed by atoms with van der Waals surface area (Å²) in [4.78, 5) is 0.0910. The molecule has 4 nitrogen and oxygen atoms in total. The molecule has 0 amide bonds. The topological polar surface area (TPSA) is 61.2 Å². The number of aryl methyl sites for hydroxylation is 1. The first-order valence-corrected chi connectivity index (χ1v) is 7.55. The summed E-state index contributed by atoms with van der Waals surface area (Å²) in [6.45, 7) is 1.62. The van der Waals surface area contributed by atoms with Gasteiger partial charge in [0.05, 0.1) is 22.2 Å². The van der Waals surface area contributed by atoms with E-state index in [2.05, 4.69) is 0 Å². The van der Waals surface area contributed by atoms with Crippen molar-refractivity contribution in [3.05, 3.63) is 59.4 Å². The van der Waals surface area contributed by atoms with Crippen molar-refractivity contribution in [3.63, 3.8) is 0 Å². The van der Waals surface area contributed by atoms with Gasteiger partial charge in [0.25, 0.3) is 10.0 Å². The Kier molecular flexibility index (Phi) is 3.96. The van der Waals surface area contributed by atoms with Crippen molar-refractivity contribution >= 4 is 15.7 Å². The third-order valence-electron chi connectivity index (χ3n) is 3.11. The maximum atomic E-state index is 13.2. The molecule has 0 saturated heterocycles. The zero-order valence-electron chi connectivity index (χ0n) is 11.5. The van der Waals surface area contributed by atoms with E-state index in [9.17, 15) is 12.8 Å². The van der Waals surface area contributed by atoms with E-state index in [0.29, 0.717) is 11.1 Å². The van der Waals surface area contributed by atoms with Crippen molar-refractivity contribution in [1.82, 2.24) is 0 Å². The van der Waals surface area contributed by atoms with Crippen molar-refractivity contribution in [1.29, 1.82) is 5.26 Å². The predicted molar refractivity (Wildman–Crippen MR) is 77.9 cm³/mol. The van der Waals surface area contributed by atoms with Gasteiger partial charge in [-0.05, 0) is 48.9 Å². The van der Waals surface area contributed by atoms with Gasteiger partial charge >= 0.3 is 0 Å². The van der Waals surface area contributed by atoms with E-state index in [1.807, 2.05) is 6.07 Å². The van der Waals surface area contributed by atoms with Gasteiger partial charge in [0.2, 0.25) is 0 Å². The number of hydrogen-bond donors (Lipinski definition) is 0. The average Bonchev–Trinajstić information content (AvgIpc) is 2.45. The quantitative estimate of drug-likeness (QED) is 0.876. The highest BCUT2D eigenvalue weighted by Crippen LogP contribution is 2.25. The molecular formula is C15H13FN2O2S. The van der Waals surface area contributed by atoms with Crippen LogP contribution in [0.1, 0.15) is 11.1 Å². The molecular weight excluding hydrogens is 291 g/mol. The first-order chi connectivity index (χ1) is 9.86. The summed E-state index contributed by atoms with van der Waals surface area (Å²) < 4.78 is 39.4. The van der Waals surface area contributed by atoms with Crippen molar-refractivity contribution in [3.8, 4) is 6.07 Å². The minimum atomic E-state index is -3.81. The van der Waals surface area contributed by atoms with Gasteiger partial charge in [-0.1, -0.05) is 6.07 Å². The zero-order valence-corrected chi connectivity index (χ0v) is 12.4. The highest BCUT2D eigenvalue weighted by Gasteiger charge is 2.23. The first-order valence-electron chi connectivity index (χ1n) is 6.11. The van der Waals surface area contributed by atoms with Crippen LogP contribution in [0.25, 0.3) is 0 Å². The maximum Gasteiger partial charge on any atom is 0.264 e. The van der Waals surface area contributed by atoms with Crippen LogP contribution in [-0.4, -0.2) is 15.5 Å². The predicted octanol–water partition coefficient (Wildman–Crippen LogP) is 2.83. The molecule has 0 aliphatic carbocycles. The molecule has 0 aliphatic rings. The molecule has 108 valence electrons. The lowest BCUT2D eigenvalue weighted by Crippen LogP contribution is -2.27. The molecule has 0 saturated carbocycles. The van der Waals surface area contributed by atoms with Crippen molar-refractivity contribution in [2.24, 2.45) is 0 Å². The Bertz CT molecular complexity index is 826. The summed E-state index contributed by atoms with van der Waals surface area (Å²) in [5.41, 5.74) is 1.09. The summed E-state index contributed by atoms with van der Waals surface area (Å²) in [5, 5.41) is 8.82. The lowest BCUT2D eigenvalue weighted by molar-refractivity contribution is 0.593. The Hall–Kier alpha value is -2.39. The second-order valence-electron chi connectivity index (χ2n) is 4.54. The molecule has 0 aliphatic heterocycles. The summed E-state index contributed by atoms with van der Waals surface area (Å²) in [5.74, 6) is -0.508. The Morgan fingerprint density at radius 2 is 1.90 bits per heavy atom. The fourth-order valence-corrected chi connectivity index (χ4v) is 3.36. The molecule has 2 aromatic rings. The molecule has 0 fully saturated rings. The van der Waals surface area contributed by atoms with Crippen LogP contribution >= 0.6 is 0 Å². The molecule has 2 aromatic carbocycles. The summed E-state index contributed by atoms with van der Waals surface area (Å²) >= 11 is 0. The van der Waals surface area contributed by atoms with Crippen LogP contribution in [0.15, 0.2) is 47.4 Å². The summed E-state index contributed by atoms with van der Waals surface area (Å²) in [6.07, 6.45) is 0. The van der Waals surface area contributed by atoms with Crippen LogP contribution in [0.3, 0.4) is 0 Å².